The lowest BCUT2D eigenvalue weighted by Gasteiger charge is -2.30. The Balaban J connectivity index is 0.000000416. The fourth-order valence-electron chi connectivity index (χ4n) is 2.99. The number of carbonyl (C=O) groups excluding carboxylic acids is 1. The molecule has 39 heavy (non-hydrogen) atoms. The van der Waals surface area contributed by atoms with Gasteiger partial charge in [0.25, 0.3) is 11.4 Å². The summed E-state index contributed by atoms with van der Waals surface area (Å²) < 4.78 is 16.3. The molecule has 12 heteroatoms. The van der Waals surface area contributed by atoms with E-state index in [2.05, 4.69) is 19.2 Å². The molecule has 0 aliphatic heterocycles. The van der Waals surface area contributed by atoms with Crippen molar-refractivity contribution >= 4 is 17.5 Å². The van der Waals surface area contributed by atoms with Crippen LogP contribution in [0.4, 0.5) is 16.2 Å². The molecular formula is C27H40N4O8. The van der Waals surface area contributed by atoms with Crippen LogP contribution in [0.3, 0.4) is 0 Å². The SMILES string of the molecule is CC(C)N(CCOc1ccc([N+](=O)[O-])cc1)C(=O)OC(C)(C)C.CC(C)NCCOc1ccc([N+](=O)[O-])cc1. The topological polar surface area (TPSA) is 146 Å². The summed E-state index contributed by atoms with van der Waals surface area (Å²) in [5.41, 5.74) is -0.466. The Bertz CT molecular complexity index is 1040. The average molecular weight is 549 g/mol. The van der Waals surface area contributed by atoms with Gasteiger partial charge in [-0.15, -0.1) is 0 Å². The van der Waals surface area contributed by atoms with E-state index in [1.165, 1.54) is 36.4 Å². The van der Waals surface area contributed by atoms with E-state index in [1.54, 1.807) is 17.0 Å². The molecule has 0 saturated heterocycles. The van der Waals surface area contributed by atoms with Gasteiger partial charge in [-0.3, -0.25) is 20.2 Å². The molecule has 0 atom stereocenters. The second-order valence-corrected chi connectivity index (χ2v) is 10.1. The van der Waals surface area contributed by atoms with Crippen molar-refractivity contribution in [2.24, 2.45) is 0 Å². The summed E-state index contributed by atoms with van der Waals surface area (Å²) in [6.45, 7) is 15.3. The zero-order valence-electron chi connectivity index (χ0n) is 23.7. The summed E-state index contributed by atoms with van der Waals surface area (Å²) in [5.74, 6) is 1.17. The first-order valence-electron chi connectivity index (χ1n) is 12.7. The molecule has 2 aromatic rings. The number of nitrogens with zero attached hydrogens (tertiary/aromatic N) is 3. The minimum absolute atomic E-state index is 0.00918. The van der Waals surface area contributed by atoms with Crippen LogP contribution in [0.15, 0.2) is 48.5 Å². The normalized spacial score (nSPS) is 10.9. The summed E-state index contributed by atoms with van der Waals surface area (Å²) in [6.07, 6.45) is -0.389. The van der Waals surface area contributed by atoms with Crippen molar-refractivity contribution in [1.82, 2.24) is 10.2 Å². The number of nitro groups is 2. The number of non-ortho nitro benzene ring substituents is 2. The summed E-state index contributed by atoms with van der Waals surface area (Å²) in [6, 6.07) is 12.3. The molecule has 0 aliphatic carbocycles. The first-order valence-corrected chi connectivity index (χ1v) is 12.7. The van der Waals surface area contributed by atoms with E-state index in [9.17, 15) is 25.0 Å². The van der Waals surface area contributed by atoms with E-state index in [1.807, 2.05) is 34.6 Å². The molecular weight excluding hydrogens is 508 g/mol. The van der Waals surface area contributed by atoms with Gasteiger partial charge in [0.05, 0.1) is 16.4 Å². The highest BCUT2D eigenvalue weighted by Gasteiger charge is 2.24. The third-order valence-corrected chi connectivity index (χ3v) is 4.87. The smallest absolute Gasteiger partial charge is 0.410 e. The largest absolute Gasteiger partial charge is 0.492 e. The van der Waals surface area contributed by atoms with Crippen LogP contribution in [0.2, 0.25) is 0 Å². The molecule has 0 radical (unpaired) electrons. The summed E-state index contributed by atoms with van der Waals surface area (Å²) in [4.78, 5) is 33.8. The highest BCUT2D eigenvalue weighted by molar-refractivity contribution is 5.68. The van der Waals surface area contributed by atoms with E-state index >= 15 is 0 Å². The van der Waals surface area contributed by atoms with Crippen molar-refractivity contribution in [1.29, 1.82) is 0 Å². The lowest BCUT2D eigenvalue weighted by Crippen LogP contribution is -2.43. The molecule has 0 aromatic heterocycles. The maximum absolute atomic E-state index is 12.1. The first-order chi connectivity index (χ1) is 18.2. The molecule has 0 heterocycles. The van der Waals surface area contributed by atoms with Crippen LogP contribution >= 0.6 is 0 Å². The van der Waals surface area contributed by atoms with Crippen molar-refractivity contribution in [2.45, 2.75) is 66.2 Å². The van der Waals surface area contributed by atoms with Gasteiger partial charge in [-0.05, 0) is 58.9 Å². The molecule has 0 fully saturated rings. The molecule has 2 aromatic carbocycles. The van der Waals surface area contributed by atoms with Crippen LogP contribution in [0, 0.1) is 20.2 Å². The Hall–Kier alpha value is -3.93. The number of benzene rings is 2. The Morgan fingerprint density at radius 2 is 1.28 bits per heavy atom. The van der Waals surface area contributed by atoms with Crippen molar-refractivity contribution in [2.75, 3.05) is 26.3 Å². The van der Waals surface area contributed by atoms with Crippen molar-refractivity contribution in [3.63, 3.8) is 0 Å². The predicted molar refractivity (Wildman–Crippen MR) is 148 cm³/mol. The van der Waals surface area contributed by atoms with Gasteiger partial charge in [-0.25, -0.2) is 4.79 Å². The molecule has 0 bridgehead atoms. The van der Waals surface area contributed by atoms with Gasteiger partial charge in [0, 0.05) is 42.9 Å². The third kappa shape index (κ3) is 14.0. The molecule has 0 saturated carbocycles. The number of hydrogen-bond donors (Lipinski definition) is 1. The number of amides is 1. The van der Waals surface area contributed by atoms with Crippen LogP contribution in [0.5, 0.6) is 11.5 Å². The summed E-state index contributed by atoms with van der Waals surface area (Å²) in [7, 11) is 0. The van der Waals surface area contributed by atoms with Gasteiger partial charge in [0.15, 0.2) is 0 Å². The average Bonchev–Trinajstić information content (AvgIpc) is 2.84. The molecule has 12 nitrogen and oxygen atoms in total. The molecule has 216 valence electrons. The fraction of sp³-hybridized carbons (Fsp3) is 0.519. The van der Waals surface area contributed by atoms with Gasteiger partial charge >= 0.3 is 6.09 Å². The lowest BCUT2D eigenvalue weighted by molar-refractivity contribution is -0.385. The number of carbonyl (C=O) groups is 1. The van der Waals surface area contributed by atoms with E-state index in [0.717, 1.165) is 6.54 Å². The highest BCUT2D eigenvalue weighted by Crippen LogP contribution is 2.18. The van der Waals surface area contributed by atoms with Crippen LogP contribution < -0.4 is 14.8 Å². The standard InChI is InChI=1S/C16H24N2O5.C11H16N2O3/c1-12(2)17(15(19)23-16(3,4)5)10-11-22-14-8-6-13(7-9-14)18(20)21;1-9(2)12-7-8-16-11-5-3-10(4-6-11)13(14)15/h6-9,12H,10-11H2,1-5H3;3-6,9,12H,7-8H2,1-2H3. The minimum atomic E-state index is -0.552. The molecule has 1 amide bonds. The Kier molecular flexibility index (Phi) is 13.7. The number of nitrogens with one attached hydrogen (secondary N) is 1. The maximum atomic E-state index is 12.1. The number of hydrogen-bond acceptors (Lipinski definition) is 9. The molecule has 2 rings (SSSR count). The molecule has 1 N–H and O–H groups in total. The van der Waals surface area contributed by atoms with Crippen LogP contribution in [0.25, 0.3) is 0 Å². The van der Waals surface area contributed by atoms with Crippen molar-refractivity contribution in [3.8, 4) is 11.5 Å². The second kappa shape index (κ2) is 16.1. The molecule has 0 spiro atoms. The number of ether oxygens (including phenoxy) is 3. The van der Waals surface area contributed by atoms with Gasteiger partial charge < -0.3 is 24.4 Å². The maximum Gasteiger partial charge on any atom is 0.410 e. The van der Waals surface area contributed by atoms with Gasteiger partial charge in [-0.1, -0.05) is 13.8 Å². The number of rotatable bonds is 12. The zero-order valence-corrected chi connectivity index (χ0v) is 23.7. The minimum Gasteiger partial charge on any atom is -0.492 e. The van der Waals surface area contributed by atoms with Gasteiger partial charge in [0.1, 0.15) is 30.3 Å². The highest BCUT2D eigenvalue weighted by atomic mass is 16.6. The summed E-state index contributed by atoms with van der Waals surface area (Å²) in [5, 5.41) is 24.2. The van der Waals surface area contributed by atoms with Crippen molar-refractivity contribution < 1.29 is 28.9 Å². The van der Waals surface area contributed by atoms with Crippen LogP contribution in [-0.4, -0.2) is 64.8 Å². The molecule has 0 aliphatic rings. The van der Waals surface area contributed by atoms with Crippen LogP contribution in [0.1, 0.15) is 48.5 Å². The quantitative estimate of drug-likeness (QED) is 0.204. The lowest BCUT2D eigenvalue weighted by atomic mass is 10.2. The Morgan fingerprint density at radius 1 is 0.846 bits per heavy atom. The monoisotopic (exact) mass is 548 g/mol. The van der Waals surface area contributed by atoms with Gasteiger partial charge in [0.2, 0.25) is 0 Å². The summed E-state index contributed by atoms with van der Waals surface area (Å²) >= 11 is 0. The van der Waals surface area contributed by atoms with E-state index < -0.39 is 15.4 Å². The first kappa shape index (κ1) is 33.1. The Labute approximate surface area is 229 Å². The third-order valence-electron chi connectivity index (χ3n) is 4.87. The van der Waals surface area contributed by atoms with Crippen LogP contribution in [-0.2, 0) is 4.74 Å². The van der Waals surface area contributed by atoms with Crippen molar-refractivity contribution in [3.05, 3.63) is 68.8 Å². The van der Waals surface area contributed by atoms with Gasteiger partial charge in [-0.2, -0.15) is 0 Å². The zero-order chi connectivity index (χ0) is 29.6. The Morgan fingerprint density at radius 3 is 1.64 bits per heavy atom. The number of nitro benzene ring substituents is 2. The molecule has 0 unspecified atom stereocenters. The van der Waals surface area contributed by atoms with E-state index in [0.29, 0.717) is 30.7 Å². The van der Waals surface area contributed by atoms with E-state index in [-0.39, 0.29) is 30.1 Å². The van der Waals surface area contributed by atoms with E-state index in [4.69, 9.17) is 14.2 Å². The fourth-order valence-corrected chi connectivity index (χ4v) is 2.99. The second-order valence-electron chi connectivity index (χ2n) is 10.1. The predicted octanol–water partition coefficient (Wildman–Crippen LogP) is 5.59.